The van der Waals surface area contributed by atoms with Crippen molar-refractivity contribution in [2.75, 3.05) is 19.6 Å². The summed E-state index contributed by atoms with van der Waals surface area (Å²) in [6.07, 6.45) is -0.995. The van der Waals surface area contributed by atoms with Gasteiger partial charge in [0.25, 0.3) is 0 Å². The Kier molecular flexibility index (Phi) is 7.82. The monoisotopic (exact) mass is 552 g/mol. The lowest BCUT2D eigenvalue weighted by Gasteiger charge is -2.33. The number of halogens is 4. The van der Waals surface area contributed by atoms with E-state index in [9.17, 15) is 27.6 Å². The number of fused-ring (bicyclic) bond motifs is 3. The molecule has 9 nitrogen and oxygen atoms in total. The Morgan fingerprint density at radius 3 is 2.61 bits per heavy atom. The first-order valence-corrected chi connectivity index (χ1v) is 12.5. The molecule has 204 valence electrons. The molecule has 1 fully saturated rings. The summed E-state index contributed by atoms with van der Waals surface area (Å²) in [6, 6.07) is 1.62. The van der Waals surface area contributed by atoms with Crippen LogP contribution < -0.4 is 5.73 Å². The number of nitrogens with one attached hydrogen (secondary N) is 2. The minimum atomic E-state index is -4.61. The molecule has 3 amide bonds. The normalized spacial score (nSPS) is 19.4. The van der Waals surface area contributed by atoms with Gasteiger partial charge in [-0.25, -0.2) is 0 Å². The number of carbonyl (C=O) groups excluding carboxylic acids is 3. The van der Waals surface area contributed by atoms with Gasteiger partial charge in [-0.3, -0.25) is 19.5 Å². The lowest BCUT2D eigenvalue weighted by Crippen LogP contribution is -2.44. The second-order valence-electron chi connectivity index (χ2n) is 9.87. The van der Waals surface area contributed by atoms with Crippen molar-refractivity contribution >= 4 is 45.9 Å². The number of aromatic nitrogens is 2. The highest BCUT2D eigenvalue weighted by Gasteiger charge is 2.39. The van der Waals surface area contributed by atoms with E-state index in [0.717, 1.165) is 4.90 Å². The molecule has 0 bridgehead atoms. The number of carbonyl (C=O) groups is 3. The van der Waals surface area contributed by atoms with Crippen molar-refractivity contribution in [3.63, 3.8) is 0 Å². The van der Waals surface area contributed by atoms with Gasteiger partial charge in [0, 0.05) is 42.7 Å². The second-order valence-corrected chi connectivity index (χ2v) is 10.3. The topological polar surface area (TPSA) is 136 Å². The Hall–Kier alpha value is -3.41. The first-order valence-electron chi connectivity index (χ1n) is 12.2. The van der Waals surface area contributed by atoms with E-state index in [1.807, 2.05) is 0 Å². The van der Waals surface area contributed by atoms with Crippen LogP contribution in [0.15, 0.2) is 23.9 Å². The number of likely N-dealkylation sites (tertiary alicyclic amines) is 1. The summed E-state index contributed by atoms with van der Waals surface area (Å²) in [7, 11) is 0. The molecule has 0 saturated carbocycles. The number of benzene rings is 1. The number of amides is 3. The molecule has 0 aliphatic carbocycles. The van der Waals surface area contributed by atoms with E-state index in [0.29, 0.717) is 58.6 Å². The van der Waals surface area contributed by atoms with Crippen LogP contribution in [0.5, 0.6) is 0 Å². The van der Waals surface area contributed by atoms with Gasteiger partial charge in [-0.1, -0.05) is 11.6 Å². The zero-order chi connectivity index (χ0) is 27.8. The highest BCUT2D eigenvalue weighted by molar-refractivity contribution is 6.35. The molecule has 4 rings (SSSR count). The molecule has 3 heterocycles. The van der Waals surface area contributed by atoms with Crippen LogP contribution >= 0.6 is 11.6 Å². The van der Waals surface area contributed by atoms with Gasteiger partial charge in [0.2, 0.25) is 17.7 Å². The van der Waals surface area contributed by atoms with Crippen molar-refractivity contribution in [1.82, 2.24) is 20.0 Å². The van der Waals surface area contributed by atoms with Crippen LogP contribution in [0.4, 0.5) is 13.2 Å². The fourth-order valence-electron chi connectivity index (χ4n) is 5.34. The number of piperidine rings is 1. The SMILES string of the molecule is CC(=N)/C=C(\C(N)=O)C1CCN(C(=O)CC2Cc3cc(Cl)c4[nH]ncc4c3CN(CC(F)(F)F)C2=O)CC1. The van der Waals surface area contributed by atoms with Gasteiger partial charge in [0.1, 0.15) is 6.54 Å². The summed E-state index contributed by atoms with van der Waals surface area (Å²) < 4.78 is 40.2. The van der Waals surface area contributed by atoms with Crippen LogP contribution in [0.1, 0.15) is 37.3 Å². The number of allylic oxidation sites excluding steroid dienone is 1. The average molecular weight is 553 g/mol. The third-order valence-corrected chi connectivity index (χ3v) is 7.40. The van der Waals surface area contributed by atoms with Gasteiger partial charge >= 0.3 is 6.18 Å². The molecule has 2 aromatic rings. The summed E-state index contributed by atoms with van der Waals surface area (Å²) in [6.45, 7) is 0.437. The van der Waals surface area contributed by atoms with Crippen LogP contribution in [0.3, 0.4) is 0 Å². The van der Waals surface area contributed by atoms with Crippen molar-refractivity contribution in [2.24, 2.45) is 17.6 Å². The number of nitrogens with zero attached hydrogens (tertiary/aromatic N) is 3. The summed E-state index contributed by atoms with van der Waals surface area (Å²) in [5, 5.41) is 15.2. The molecular formula is C25H28ClF3N6O3. The van der Waals surface area contributed by atoms with Gasteiger partial charge in [0.15, 0.2) is 0 Å². The number of hydrogen-bond donors (Lipinski definition) is 3. The second kappa shape index (κ2) is 10.8. The number of H-pyrrole nitrogens is 1. The maximum atomic E-state index is 13.4. The Bertz CT molecular complexity index is 1310. The number of hydrogen-bond acceptors (Lipinski definition) is 5. The Labute approximate surface area is 221 Å². The van der Waals surface area contributed by atoms with Gasteiger partial charge in [-0.15, -0.1) is 0 Å². The van der Waals surface area contributed by atoms with E-state index in [-0.39, 0.29) is 36.9 Å². The van der Waals surface area contributed by atoms with E-state index in [1.54, 1.807) is 11.0 Å². The molecule has 1 saturated heterocycles. The van der Waals surface area contributed by atoms with Crippen LogP contribution in [-0.4, -0.2) is 69.2 Å². The molecule has 0 spiro atoms. The van der Waals surface area contributed by atoms with Gasteiger partial charge in [0.05, 0.1) is 22.7 Å². The van der Waals surface area contributed by atoms with Crippen molar-refractivity contribution in [2.45, 2.75) is 45.3 Å². The number of nitrogens with two attached hydrogens (primary N) is 1. The molecule has 1 aromatic heterocycles. The van der Waals surface area contributed by atoms with E-state index in [1.165, 1.54) is 19.2 Å². The molecule has 1 atom stereocenters. The van der Waals surface area contributed by atoms with Crippen LogP contribution in [0.2, 0.25) is 5.02 Å². The zero-order valence-corrected chi connectivity index (χ0v) is 21.5. The number of primary amides is 1. The van der Waals surface area contributed by atoms with Crippen molar-refractivity contribution in [1.29, 1.82) is 5.41 Å². The Morgan fingerprint density at radius 2 is 2.00 bits per heavy atom. The maximum Gasteiger partial charge on any atom is 0.406 e. The predicted molar refractivity (Wildman–Crippen MR) is 134 cm³/mol. The van der Waals surface area contributed by atoms with Gasteiger partial charge in [-0.2, -0.15) is 18.3 Å². The molecule has 4 N–H and O–H groups in total. The molecule has 1 unspecified atom stereocenters. The van der Waals surface area contributed by atoms with Crippen molar-refractivity contribution < 1.29 is 27.6 Å². The molecule has 2 aliphatic rings. The fraction of sp³-hybridized carbons (Fsp3) is 0.480. The van der Waals surface area contributed by atoms with E-state index in [2.05, 4.69) is 10.2 Å². The minimum absolute atomic E-state index is 0.0682. The minimum Gasteiger partial charge on any atom is -0.366 e. The fourth-order valence-corrected chi connectivity index (χ4v) is 5.62. The maximum absolute atomic E-state index is 13.4. The van der Waals surface area contributed by atoms with Crippen LogP contribution in [0, 0.1) is 17.2 Å². The molecule has 13 heteroatoms. The quantitative estimate of drug-likeness (QED) is 0.374. The molecule has 1 aromatic carbocycles. The standard InChI is InChI=1S/C25H28ClF3N6O3/c1-13(30)6-17(23(31)37)14-2-4-34(5-3-14)21(36)9-16-7-15-8-20(26)22-18(10-32-33-22)19(15)11-35(24(16)38)12-25(27,28)29/h6,8,10,14,16,30H,2-5,7,9,11-12H2,1H3,(H2,31,37)(H,32,33)/b17-6-,30-13?. The molecular weight excluding hydrogens is 525 g/mol. The van der Waals surface area contributed by atoms with Crippen molar-refractivity contribution in [3.8, 4) is 0 Å². The summed E-state index contributed by atoms with van der Waals surface area (Å²) in [5.41, 5.74) is 7.62. The average Bonchev–Trinajstić information content (AvgIpc) is 3.29. The van der Waals surface area contributed by atoms with Gasteiger partial charge in [-0.05, 0) is 55.4 Å². The summed E-state index contributed by atoms with van der Waals surface area (Å²) in [5.74, 6) is -2.90. The van der Waals surface area contributed by atoms with E-state index >= 15 is 0 Å². The first-order chi connectivity index (χ1) is 17.8. The number of aromatic amines is 1. The van der Waals surface area contributed by atoms with Gasteiger partial charge < -0.3 is 20.9 Å². The van der Waals surface area contributed by atoms with E-state index in [4.69, 9.17) is 22.7 Å². The first kappa shape index (κ1) is 27.6. The highest BCUT2D eigenvalue weighted by Crippen LogP contribution is 2.35. The lowest BCUT2D eigenvalue weighted by atomic mass is 9.87. The van der Waals surface area contributed by atoms with Crippen molar-refractivity contribution in [3.05, 3.63) is 40.1 Å². The third-order valence-electron chi connectivity index (χ3n) is 7.10. The molecule has 2 aliphatic heterocycles. The number of rotatable bonds is 6. The summed E-state index contributed by atoms with van der Waals surface area (Å²) in [4.78, 5) is 40.7. The molecule has 0 radical (unpaired) electrons. The third kappa shape index (κ3) is 6.01. The van der Waals surface area contributed by atoms with Crippen LogP contribution in [0.25, 0.3) is 10.9 Å². The largest absolute Gasteiger partial charge is 0.406 e. The smallest absolute Gasteiger partial charge is 0.366 e. The zero-order valence-electron chi connectivity index (χ0n) is 20.7. The molecule has 38 heavy (non-hydrogen) atoms. The lowest BCUT2D eigenvalue weighted by molar-refractivity contribution is -0.165. The Morgan fingerprint density at radius 1 is 1.32 bits per heavy atom. The predicted octanol–water partition coefficient (Wildman–Crippen LogP) is 3.36. The summed E-state index contributed by atoms with van der Waals surface area (Å²) >= 11 is 6.36. The number of alkyl halides is 3. The highest BCUT2D eigenvalue weighted by atomic mass is 35.5. The Balaban J connectivity index is 1.54. The van der Waals surface area contributed by atoms with E-state index < -0.39 is 30.5 Å². The van der Waals surface area contributed by atoms with Crippen LogP contribution in [-0.2, 0) is 27.3 Å².